The molecular weight excluding hydrogens is 480 g/mol. The summed E-state index contributed by atoms with van der Waals surface area (Å²) >= 11 is 0. The van der Waals surface area contributed by atoms with Gasteiger partial charge in [-0.1, -0.05) is 11.8 Å². The van der Waals surface area contributed by atoms with E-state index in [0.29, 0.717) is 28.9 Å². The minimum absolute atomic E-state index is 0.131. The Balaban J connectivity index is 1.33. The van der Waals surface area contributed by atoms with Crippen LogP contribution in [0, 0.1) is 23.2 Å². The van der Waals surface area contributed by atoms with Crippen molar-refractivity contribution < 1.29 is 14.6 Å². The molecule has 0 spiro atoms. The minimum Gasteiger partial charge on any atom is -0.489 e. The maximum atomic E-state index is 10.1. The van der Waals surface area contributed by atoms with Gasteiger partial charge in [0.25, 0.3) is 0 Å². The molecule has 2 bridgehead atoms. The first kappa shape index (κ1) is 26.0. The van der Waals surface area contributed by atoms with E-state index in [1.165, 1.54) is 6.42 Å². The van der Waals surface area contributed by atoms with Crippen LogP contribution in [0.25, 0.3) is 16.6 Å². The lowest BCUT2D eigenvalue weighted by Gasteiger charge is -2.56. The maximum Gasteiger partial charge on any atom is 0.138 e. The van der Waals surface area contributed by atoms with Crippen LogP contribution in [0.4, 0.5) is 5.82 Å². The van der Waals surface area contributed by atoms with Gasteiger partial charge in [-0.15, -0.1) is 0 Å². The van der Waals surface area contributed by atoms with Gasteiger partial charge in [0.2, 0.25) is 0 Å². The van der Waals surface area contributed by atoms with Crippen LogP contribution in [-0.4, -0.2) is 81.2 Å². The van der Waals surface area contributed by atoms with Crippen LogP contribution in [-0.2, 0) is 4.74 Å². The van der Waals surface area contributed by atoms with Crippen molar-refractivity contribution in [2.75, 3.05) is 38.3 Å². The molecule has 3 saturated heterocycles. The van der Waals surface area contributed by atoms with Crippen molar-refractivity contribution in [1.29, 1.82) is 5.26 Å². The van der Waals surface area contributed by atoms with Crippen molar-refractivity contribution in [3.8, 4) is 34.8 Å². The van der Waals surface area contributed by atoms with Crippen LogP contribution in [0.1, 0.15) is 39.7 Å². The highest BCUT2D eigenvalue weighted by atomic mass is 16.5. The van der Waals surface area contributed by atoms with Crippen LogP contribution in [0.3, 0.4) is 0 Å². The molecule has 0 aromatic carbocycles. The molecule has 9 nitrogen and oxygen atoms in total. The van der Waals surface area contributed by atoms with Gasteiger partial charge in [-0.05, 0) is 52.3 Å². The van der Waals surface area contributed by atoms with Gasteiger partial charge in [0.15, 0.2) is 0 Å². The molecule has 0 amide bonds. The van der Waals surface area contributed by atoms with E-state index >= 15 is 0 Å². The highest BCUT2D eigenvalue weighted by Gasteiger charge is 2.44. The third kappa shape index (κ3) is 5.32. The Labute approximate surface area is 223 Å². The Morgan fingerprint density at radius 1 is 1.16 bits per heavy atom. The number of piperidine rings is 1. The topological polar surface area (TPSA) is 99.1 Å². The van der Waals surface area contributed by atoms with Gasteiger partial charge >= 0.3 is 0 Å². The standard InChI is InChI=1S/C29H34N6O3/c1-28(2,36)19-38-24-12-25(27-21(13-30)15-32-35(27)18-24)20-7-8-26(31-14-20)33-16-22-11-23(17-33)34(22)10-6-9-29(3,4)37-5/h7-8,12,14-15,18,22-23,36H,10-11,16-17,19H2,1-5H3. The Morgan fingerprint density at radius 2 is 1.92 bits per heavy atom. The van der Waals surface area contributed by atoms with E-state index in [-0.39, 0.29) is 6.61 Å². The number of methoxy groups -OCH3 is 1. The van der Waals surface area contributed by atoms with Crippen molar-refractivity contribution in [1.82, 2.24) is 19.5 Å². The molecule has 3 fully saturated rings. The van der Waals surface area contributed by atoms with Gasteiger partial charge < -0.3 is 19.5 Å². The van der Waals surface area contributed by atoms with Gasteiger partial charge in [-0.3, -0.25) is 4.90 Å². The number of hydrogen-bond donors (Lipinski definition) is 1. The summed E-state index contributed by atoms with van der Waals surface area (Å²) in [5.41, 5.74) is 1.45. The Morgan fingerprint density at radius 3 is 2.55 bits per heavy atom. The summed E-state index contributed by atoms with van der Waals surface area (Å²) in [6.07, 6.45) is 6.30. The molecule has 0 aliphatic carbocycles. The average molecular weight is 515 g/mol. The van der Waals surface area contributed by atoms with E-state index < -0.39 is 11.2 Å². The first-order valence-electron chi connectivity index (χ1n) is 12.9. The number of nitrogens with zero attached hydrogens (tertiary/aromatic N) is 6. The molecule has 9 heteroatoms. The van der Waals surface area contributed by atoms with Gasteiger partial charge in [0.05, 0.1) is 35.6 Å². The summed E-state index contributed by atoms with van der Waals surface area (Å²) in [5, 5.41) is 24.0. The van der Waals surface area contributed by atoms with Crippen LogP contribution in [0.5, 0.6) is 5.75 Å². The first-order chi connectivity index (χ1) is 18.1. The predicted octanol–water partition coefficient (Wildman–Crippen LogP) is 3.11. The molecule has 198 valence electrons. The maximum absolute atomic E-state index is 10.1. The van der Waals surface area contributed by atoms with Crippen molar-refractivity contribution in [3.05, 3.63) is 42.4 Å². The quantitative estimate of drug-likeness (QED) is 0.480. The number of anilines is 1. The average Bonchev–Trinajstić information content (AvgIpc) is 3.32. The number of nitriles is 1. The minimum atomic E-state index is -0.974. The Kier molecular flexibility index (Phi) is 6.79. The molecule has 3 aromatic heterocycles. The van der Waals surface area contributed by atoms with E-state index in [2.05, 4.69) is 32.8 Å². The second kappa shape index (κ2) is 9.92. The van der Waals surface area contributed by atoms with Gasteiger partial charge in [0, 0.05) is 49.6 Å². The van der Waals surface area contributed by atoms with Crippen LogP contribution >= 0.6 is 0 Å². The van der Waals surface area contributed by atoms with Crippen molar-refractivity contribution in [2.45, 2.75) is 57.4 Å². The summed E-state index contributed by atoms with van der Waals surface area (Å²) in [6, 6.07) is 9.12. The first-order valence-corrected chi connectivity index (χ1v) is 12.9. The van der Waals surface area contributed by atoms with E-state index in [9.17, 15) is 10.4 Å². The second-order valence-electron chi connectivity index (χ2n) is 11.2. The zero-order valence-electron chi connectivity index (χ0n) is 22.6. The van der Waals surface area contributed by atoms with E-state index in [1.54, 1.807) is 37.9 Å². The summed E-state index contributed by atoms with van der Waals surface area (Å²) < 4.78 is 12.9. The smallest absolute Gasteiger partial charge is 0.138 e. The fraction of sp³-hybridized carbons (Fsp3) is 0.483. The number of ether oxygens (including phenoxy) is 2. The molecule has 3 aliphatic heterocycles. The molecule has 0 radical (unpaired) electrons. The fourth-order valence-electron chi connectivity index (χ4n) is 5.00. The zero-order valence-corrected chi connectivity index (χ0v) is 22.6. The van der Waals surface area contributed by atoms with E-state index in [0.717, 1.165) is 36.6 Å². The van der Waals surface area contributed by atoms with Crippen molar-refractivity contribution >= 4 is 11.3 Å². The molecule has 3 aliphatic rings. The van der Waals surface area contributed by atoms with Crippen LogP contribution < -0.4 is 9.64 Å². The number of aromatic nitrogens is 3. The third-order valence-corrected chi connectivity index (χ3v) is 7.19. The molecule has 1 N–H and O–H groups in total. The van der Waals surface area contributed by atoms with Gasteiger partial charge in [0.1, 0.15) is 29.8 Å². The third-order valence-electron chi connectivity index (χ3n) is 7.19. The van der Waals surface area contributed by atoms with E-state index in [4.69, 9.17) is 14.5 Å². The van der Waals surface area contributed by atoms with Gasteiger partial charge in [-0.25, -0.2) is 9.50 Å². The zero-order chi connectivity index (χ0) is 27.1. The predicted molar refractivity (Wildman–Crippen MR) is 145 cm³/mol. The Bertz CT molecular complexity index is 1410. The highest BCUT2D eigenvalue weighted by Crippen LogP contribution is 2.35. The summed E-state index contributed by atoms with van der Waals surface area (Å²) in [4.78, 5) is 9.61. The normalized spacial score (nSPS) is 19.4. The van der Waals surface area contributed by atoms with Crippen LogP contribution in [0.15, 0.2) is 36.8 Å². The molecule has 6 rings (SSSR count). The van der Waals surface area contributed by atoms with Crippen molar-refractivity contribution in [2.24, 2.45) is 0 Å². The fourth-order valence-corrected chi connectivity index (χ4v) is 5.00. The van der Waals surface area contributed by atoms with E-state index in [1.807, 2.05) is 38.2 Å². The van der Waals surface area contributed by atoms with Gasteiger partial charge in [-0.2, -0.15) is 10.4 Å². The molecule has 3 aromatic rings. The largest absolute Gasteiger partial charge is 0.489 e. The number of hydrogen-bond acceptors (Lipinski definition) is 8. The lowest BCUT2D eigenvalue weighted by molar-refractivity contribution is 0.0122. The Hall–Kier alpha value is -3.63. The monoisotopic (exact) mass is 514 g/mol. The molecule has 2 atom stereocenters. The summed E-state index contributed by atoms with van der Waals surface area (Å²) in [7, 11) is 1.69. The van der Waals surface area contributed by atoms with Crippen molar-refractivity contribution in [3.63, 3.8) is 0 Å². The lowest BCUT2D eigenvalue weighted by Crippen LogP contribution is -2.68. The van der Waals surface area contributed by atoms with Crippen LogP contribution in [0.2, 0.25) is 0 Å². The summed E-state index contributed by atoms with van der Waals surface area (Å²) in [5.74, 6) is 8.00. The number of aliphatic hydroxyl groups is 1. The molecule has 6 heterocycles. The number of rotatable bonds is 7. The highest BCUT2D eigenvalue weighted by molar-refractivity contribution is 5.85. The molecule has 38 heavy (non-hydrogen) atoms. The lowest BCUT2D eigenvalue weighted by atomic mass is 9.87. The SMILES string of the molecule is COC(C)(C)C#CCN1C2CC1CN(c1ccc(-c3cc(OCC(C)(C)O)cn4ncc(C#N)c34)cn1)C2. The molecule has 0 saturated carbocycles. The molecular formula is C29H34N6O3. The second-order valence-corrected chi connectivity index (χ2v) is 11.2. The summed E-state index contributed by atoms with van der Waals surface area (Å²) in [6.45, 7) is 10.1. The number of piperazine rings is 1. The number of pyridine rings is 2. The number of fused-ring (bicyclic) bond motifs is 3. The molecule has 2 unspecified atom stereocenters.